The molecule has 180 valence electrons. The highest BCUT2D eigenvalue weighted by Crippen LogP contribution is 2.44. The number of benzene rings is 2. The van der Waals surface area contributed by atoms with Gasteiger partial charge in [0, 0.05) is 12.5 Å². The number of carbonyl (C=O) groups excluding carboxylic acids is 2. The molecule has 0 aromatic heterocycles. The van der Waals surface area contributed by atoms with Gasteiger partial charge in [-0.25, -0.2) is 9.59 Å². The summed E-state index contributed by atoms with van der Waals surface area (Å²) in [6.45, 7) is 4.03. The minimum atomic E-state index is -1.04. The third-order valence-electron chi connectivity index (χ3n) is 7.47. The maximum atomic E-state index is 13.0. The van der Waals surface area contributed by atoms with E-state index in [9.17, 15) is 19.5 Å². The molecule has 2 aliphatic carbocycles. The van der Waals surface area contributed by atoms with Gasteiger partial charge in [0.05, 0.1) is 5.41 Å². The van der Waals surface area contributed by atoms with E-state index < -0.39 is 23.5 Å². The molecule has 1 unspecified atom stereocenters. The van der Waals surface area contributed by atoms with Crippen LogP contribution in [0.25, 0.3) is 11.1 Å². The van der Waals surface area contributed by atoms with Gasteiger partial charge in [-0.3, -0.25) is 4.79 Å². The number of rotatable bonds is 9. The van der Waals surface area contributed by atoms with E-state index in [4.69, 9.17) is 4.74 Å². The maximum Gasteiger partial charge on any atom is 0.407 e. The predicted molar refractivity (Wildman–Crippen MR) is 128 cm³/mol. The third-order valence-corrected chi connectivity index (χ3v) is 7.47. The summed E-state index contributed by atoms with van der Waals surface area (Å²) in [4.78, 5) is 37.1. The number of amides is 2. The van der Waals surface area contributed by atoms with E-state index in [1.165, 1.54) is 0 Å². The fraction of sp³-hybridized carbons (Fsp3) is 0.444. The van der Waals surface area contributed by atoms with Crippen molar-refractivity contribution in [3.63, 3.8) is 0 Å². The third kappa shape index (κ3) is 4.52. The number of carboxylic acid groups (broad SMARTS) is 1. The van der Waals surface area contributed by atoms with E-state index >= 15 is 0 Å². The van der Waals surface area contributed by atoms with Gasteiger partial charge < -0.3 is 20.5 Å². The number of aliphatic carboxylic acids is 1. The molecule has 2 aromatic carbocycles. The molecule has 1 saturated carbocycles. The molecule has 0 saturated heterocycles. The number of ether oxygens (including phenoxy) is 1. The molecule has 3 N–H and O–H groups in total. The van der Waals surface area contributed by atoms with Crippen LogP contribution in [0, 0.1) is 11.3 Å². The topological polar surface area (TPSA) is 105 Å². The second-order valence-corrected chi connectivity index (χ2v) is 9.49. The Balaban J connectivity index is 1.36. The van der Waals surface area contributed by atoms with Crippen molar-refractivity contribution in [1.82, 2.24) is 10.6 Å². The van der Waals surface area contributed by atoms with Crippen molar-refractivity contribution in [3.05, 3.63) is 59.7 Å². The van der Waals surface area contributed by atoms with Crippen molar-refractivity contribution in [2.45, 2.75) is 51.5 Å². The summed E-state index contributed by atoms with van der Waals surface area (Å²) in [6.07, 6.45) is 2.14. The van der Waals surface area contributed by atoms with E-state index in [0.717, 1.165) is 28.7 Å². The molecule has 7 nitrogen and oxygen atoms in total. The van der Waals surface area contributed by atoms with Crippen LogP contribution in [0.4, 0.5) is 4.79 Å². The Morgan fingerprint density at radius 2 is 1.65 bits per heavy atom. The summed E-state index contributed by atoms with van der Waals surface area (Å²) in [5.74, 6) is -1.58. The van der Waals surface area contributed by atoms with Crippen LogP contribution in [0.5, 0.6) is 0 Å². The van der Waals surface area contributed by atoms with Crippen LogP contribution < -0.4 is 10.6 Å². The summed E-state index contributed by atoms with van der Waals surface area (Å²) in [5, 5.41) is 15.0. The van der Waals surface area contributed by atoms with Crippen LogP contribution in [0.3, 0.4) is 0 Å². The van der Waals surface area contributed by atoms with Gasteiger partial charge in [0.15, 0.2) is 0 Å². The highest BCUT2D eigenvalue weighted by molar-refractivity contribution is 5.89. The summed E-state index contributed by atoms with van der Waals surface area (Å²) >= 11 is 0. The number of fused-ring (bicyclic) bond motifs is 3. The van der Waals surface area contributed by atoms with Gasteiger partial charge in [0.1, 0.15) is 12.6 Å². The first-order valence-corrected chi connectivity index (χ1v) is 12.0. The van der Waals surface area contributed by atoms with Gasteiger partial charge in [0.25, 0.3) is 0 Å². The second kappa shape index (κ2) is 9.87. The van der Waals surface area contributed by atoms with Gasteiger partial charge in [0.2, 0.25) is 5.91 Å². The van der Waals surface area contributed by atoms with E-state index in [1.54, 1.807) is 6.92 Å². The normalized spacial score (nSPS) is 17.5. The molecule has 0 aliphatic heterocycles. The van der Waals surface area contributed by atoms with E-state index in [-0.39, 0.29) is 30.9 Å². The van der Waals surface area contributed by atoms with E-state index in [2.05, 4.69) is 34.9 Å². The van der Waals surface area contributed by atoms with Crippen LogP contribution in [-0.4, -0.2) is 42.3 Å². The molecule has 2 aromatic rings. The molecule has 0 spiro atoms. The molecular weight excluding hydrogens is 432 g/mol. The first kappa shape index (κ1) is 23.8. The minimum absolute atomic E-state index is 0.0361. The molecule has 2 aliphatic rings. The molecule has 0 heterocycles. The molecule has 34 heavy (non-hydrogen) atoms. The molecule has 4 rings (SSSR count). The molecule has 2 amide bonds. The summed E-state index contributed by atoms with van der Waals surface area (Å²) in [5.41, 5.74) is 3.80. The largest absolute Gasteiger partial charge is 0.480 e. The van der Waals surface area contributed by atoms with Crippen molar-refractivity contribution in [2.75, 3.05) is 13.2 Å². The summed E-state index contributed by atoms with van der Waals surface area (Å²) < 4.78 is 5.58. The molecular formula is C27H32N2O5. The van der Waals surface area contributed by atoms with Crippen molar-refractivity contribution >= 4 is 18.0 Å². The number of nitrogens with one attached hydrogen (secondary N) is 2. The monoisotopic (exact) mass is 464 g/mol. The number of hydrogen-bond donors (Lipinski definition) is 3. The first-order valence-electron chi connectivity index (χ1n) is 12.0. The van der Waals surface area contributed by atoms with Gasteiger partial charge in [-0.2, -0.15) is 0 Å². The standard InChI is InChI=1S/C27H32N2O5/c1-3-17(2)23(24(30)31)29-25(32)27(13-8-14-27)16-28-26(33)34-15-22-20-11-6-4-9-18(20)19-10-5-7-12-21(19)22/h4-7,9-12,17,22-23H,3,8,13-16H2,1-2H3,(H,28,33)(H,29,32)(H,30,31)/t17?,23-/m0/s1. The maximum absolute atomic E-state index is 13.0. The van der Waals surface area contributed by atoms with Crippen molar-refractivity contribution in [2.24, 2.45) is 11.3 Å². The average molecular weight is 465 g/mol. The van der Waals surface area contributed by atoms with Crippen molar-refractivity contribution in [1.29, 1.82) is 0 Å². The fourth-order valence-electron chi connectivity index (χ4n) is 4.96. The Hall–Kier alpha value is -3.35. The van der Waals surface area contributed by atoms with Crippen LogP contribution in [0.1, 0.15) is 56.6 Å². The van der Waals surface area contributed by atoms with Crippen LogP contribution in [0.15, 0.2) is 48.5 Å². The lowest BCUT2D eigenvalue weighted by atomic mass is 9.67. The highest BCUT2D eigenvalue weighted by atomic mass is 16.5. The lowest BCUT2D eigenvalue weighted by Gasteiger charge is -2.41. The van der Waals surface area contributed by atoms with Gasteiger partial charge in [-0.15, -0.1) is 0 Å². The second-order valence-electron chi connectivity index (χ2n) is 9.49. The molecule has 1 fully saturated rings. The Labute approximate surface area is 199 Å². The van der Waals surface area contributed by atoms with Gasteiger partial charge in [-0.1, -0.05) is 75.2 Å². The Bertz CT molecular complexity index is 1030. The van der Waals surface area contributed by atoms with Crippen LogP contribution >= 0.6 is 0 Å². The predicted octanol–water partition coefficient (Wildman–Crippen LogP) is 4.31. The van der Waals surface area contributed by atoms with Crippen LogP contribution in [0.2, 0.25) is 0 Å². The average Bonchev–Trinajstić information content (AvgIpc) is 3.13. The van der Waals surface area contributed by atoms with Crippen molar-refractivity contribution < 1.29 is 24.2 Å². The van der Waals surface area contributed by atoms with E-state index in [0.29, 0.717) is 19.3 Å². The van der Waals surface area contributed by atoms with E-state index in [1.807, 2.05) is 31.2 Å². The molecule has 0 bridgehead atoms. The molecule has 7 heteroatoms. The zero-order valence-corrected chi connectivity index (χ0v) is 19.7. The zero-order chi connectivity index (χ0) is 24.3. The molecule has 0 radical (unpaired) electrons. The smallest absolute Gasteiger partial charge is 0.407 e. The fourth-order valence-corrected chi connectivity index (χ4v) is 4.96. The Morgan fingerprint density at radius 1 is 1.06 bits per heavy atom. The zero-order valence-electron chi connectivity index (χ0n) is 19.7. The Kier molecular flexibility index (Phi) is 6.91. The summed E-state index contributed by atoms with van der Waals surface area (Å²) in [6, 6.07) is 15.3. The lowest BCUT2D eigenvalue weighted by Crippen LogP contribution is -2.57. The quantitative estimate of drug-likeness (QED) is 0.513. The summed E-state index contributed by atoms with van der Waals surface area (Å²) in [7, 11) is 0. The van der Waals surface area contributed by atoms with Gasteiger partial charge >= 0.3 is 12.1 Å². The van der Waals surface area contributed by atoms with Gasteiger partial charge in [-0.05, 0) is 41.0 Å². The van der Waals surface area contributed by atoms with Crippen molar-refractivity contribution in [3.8, 4) is 11.1 Å². The highest BCUT2D eigenvalue weighted by Gasteiger charge is 2.46. The number of hydrogen-bond acceptors (Lipinski definition) is 4. The molecule has 2 atom stereocenters. The first-order chi connectivity index (χ1) is 16.4. The minimum Gasteiger partial charge on any atom is -0.480 e. The number of carboxylic acids is 1. The lowest BCUT2D eigenvalue weighted by molar-refractivity contribution is -0.147. The SMILES string of the molecule is CCC(C)[C@H](NC(=O)C1(CNC(=O)OCC2c3ccccc3-c3ccccc32)CCC1)C(=O)O. The number of carbonyl (C=O) groups is 3. The van der Waals surface area contributed by atoms with Crippen LogP contribution in [-0.2, 0) is 14.3 Å². The Morgan fingerprint density at radius 3 is 2.15 bits per heavy atom. The number of alkyl carbamates (subject to hydrolysis) is 1.